The number of para-hydroxylation sites is 2. The highest BCUT2D eigenvalue weighted by Crippen LogP contribution is 2.37. The summed E-state index contributed by atoms with van der Waals surface area (Å²) in [6.45, 7) is 19.6. The summed E-state index contributed by atoms with van der Waals surface area (Å²) in [6, 6.07) is 68.5. The molecule has 342 valence electrons. The van der Waals surface area contributed by atoms with Crippen LogP contribution >= 0.6 is 0 Å². The highest BCUT2D eigenvalue weighted by molar-refractivity contribution is 5.98. The van der Waals surface area contributed by atoms with Crippen LogP contribution in [-0.2, 0) is 13.1 Å². The van der Waals surface area contributed by atoms with Crippen LogP contribution in [0.5, 0.6) is 0 Å². The van der Waals surface area contributed by atoms with Crippen molar-refractivity contribution in [1.29, 1.82) is 0 Å². The van der Waals surface area contributed by atoms with E-state index < -0.39 is 0 Å². The van der Waals surface area contributed by atoms with Crippen molar-refractivity contribution < 1.29 is 0 Å². The lowest BCUT2D eigenvalue weighted by Crippen LogP contribution is -2.09. The first-order chi connectivity index (χ1) is 33.1. The van der Waals surface area contributed by atoms with E-state index >= 15 is 0 Å². The molecule has 7 aromatic carbocycles. The van der Waals surface area contributed by atoms with Gasteiger partial charge in [-0.15, -0.1) is 0 Å². The standard InChI is InChI=1S/C34H34N2.C30H32N2/c1-23(2)28-16-10-17-29(24(3)4)34(28)35-22-27-21-20-25-12-8-9-15-30(25)33(27)32-19-11-18-31(36-32)26-13-6-5-7-14-26;1-21(2)25-16-10-17-26(22(3)4)30(25)31-20-24-14-8-9-15-27(24)29-19-11-18-28(32-29)23-12-6-5-7-13-23/h5-21,23-24,35H,22H2,1-4H3;5-19,21-22,31H,20H2,1-4H3. The fraction of sp³-hybridized carbons (Fsp3) is 0.219. The van der Waals surface area contributed by atoms with Gasteiger partial charge in [-0.05, 0) is 92.1 Å². The van der Waals surface area contributed by atoms with Gasteiger partial charge >= 0.3 is 0 Å². The summed E-state index contributed by atoms with van der Waals surface area (Å²) in [5.41, 5.74) is 19.2. The number of fused-ring (bicyclic) bond motifs is 1. The second kappa shape index (κ2) is 22.0. The Bertz CT molecular complexity index is 3020. The molecule has 2 heterocycles. The van der Waals surface area contributed by atoms with Crippen molar-refractivity contribution in [3.63, 3.8) is 0 Å². The molecule has 9 aromatic rings. The molecule has 4 nitrogen and oxygen atoms in total. The second-order valence-corrected chi connectivity index (χ2v) is 19.0. The Labute approximate surface area is 405 Å². The summed E-state index contributed by atoms with van der Waals surface area (Å²) in [5.74, 6) is 1.84. The Kier molecular flexibility index (Phi) is 15.3. The van der Waals surface area contributed by atoms with E-state index in [4.69, 9.17) is 9.97 Å². The van der Waals surface area contributed by atoms with E-state index in [9.17, 15) is 0 Å². The van der Waals surface area contributed by atoms with Crippen molar-refractivity contribution in [2.75, 3.05) is 10.6 Å². The summed E-state index contributed by atoms with van der Waals surface area (Å²) in [4.78, 5) is 10.1. The Morgan fingerprint density at radius 2 is 0.750 bits per heavy atom. The molecule has 0 saturated heterocycles. The lowest BCUT2D eigenvalue weighted by atomic mass is 9.92. The molecule has 2 N–H and O–H groups in total. The Morgan fingerprint density at radius 1 is 0.338 bits per heavy atom. The topological polar surface area (TPSA) is 49.8 Å². The third-order valence-electron chi connectivity index (χ3n) is 12.9. The largest absolute Gasteiger partial charge is 0.380 e. The average molecular weight is 891 g/mol. The van der Waals surface area contributed by atoms with Crippen LogP contribution in [0.4, 0.5) is 11.4 Å². The number of nitrogens with zero attached hydrogens (tertiary/aromatic N) is 2. The zero-order chi connectivity index (χ0) is 47.6. The van der Waals surface area contributed by atoms with Crippen LogP contribution in [-0.4, -0.2) is 9.97 Å². The summed E-state index contributed by atoms with van der Waals surface area (Å²) in [5, 5.41) is 10.1. The molecule has 0 aliphatic rings. The maximum atomic E-state index is 5.14. The van der Waals surface area contributed by atoms with Crippen molar-refractivity contribution in [1.82, 2.24) is 9.97 Å². The first-order valence-corrected chi connectivity index (χ1v) is 24.4. The summed E-state index contributed by atoms with van der Waals surface area (Å²) >= 11 is 0. The molecule has 0 bridgehead atoms. The predicted octanol–water partition coefficient (Wildman–Crippen LogP) is 17.7. The molecular weight excluding hydrogens is 825 g/mol. The third-order valence-corrected chi connectivity index (χ3v) is 12.9. The molecule has 0 spiro atoms. The first kappa shape index (κ1) is 47.2. The average Bonchev–Trinajstić information content (AvgIpc) is 3.37. The minimum atomic E-state index is 0.450. The highest BCUT2D eigenvalue weighted by Gasteiger charge is 2.18. The molecule has 0 fully saturated rings. The van der Waals surface area contributed by atoms with Gasteiger partial charge in [0.1, 0.15) is 0 Å². The Hall–Kier alpha value is -7.30. The third kappa shape index (κ3) is 10.9. The number of benzene rings is 7. The number of hydrogen-bond donors (Lipinski definition) is 2. The first-order valence-electron chi connectivity index (χ1n) is 24.4. The molecule has 0 radical (unpaired) electrons. The molecule has 0 amide bonds. The van der Waals surface area contributed by atoms with Gasteiger partial charge in [0.15, 0.2) is 0 Å². The van der Waals surface area contributed by atoms with Crippen molar-refractivity contribution in [2.24, 2.45) is 0 Å². The number of anilines is 2. The lowest BCUT2D eigenvalue weighted by molar-refractivity contribution is 0.832. The van der Waals surface area contributed by atoms with Gasteiger partial charge < -0.3 is 10.6 Å². The van der Waals surface area contributed by atoms with Crippen LogP contribution in [0, 0.1) is 0 Å². The van der Waals surface area contributed by atoms with Crippen molar-refractivity contribution in [3.8, 4) is 45.0 Å². The van der Waals surface area contributed by atoms with E-state index in [1.54, 1.807) is 0 Å². The molecule has 0 aliphatic carbocycles. The van der Waals surface area contributed by atoms with E-state index in [1.807, 2.05) is 12.1 Å². The number of aromatic nitrogens is 2. The number of pyridine rings is 2. The molecule has 2 aromatic heterocycles. The molecule has 0 atom stereocenters. The minimum Gasteiger partial charge on any atom is -0.380 e. The summed E-state index contributed by atoms with van der Waals surface area (Å²) in [6.07, 6.45) is 0. The molecule has 4 heteroatoms. The van der Waals surface area contributed by atoms with Gasteiger partial charge in [-0.25, -0.2) is 9.97 Å². The van der Waals surface area contributed by atoms with Crippen LogP contribution in [0.3, 0.4) is 0 Å². The van der Waals surface area contributed by atoms with Crippen molar-refractivity contribution >= 4 is 22.1 Å². The maximum Gasteiger partial charge on any atom is 0.0719 e. The molecular formula is C64H66N4. The minimum absolute atomic E-state index is 0.450. The highest BCUT2D eigenvalue weighted by atomic mass is 14.9. The Balaban J connectivity index is 0.000000185. The van der Waals surface area contributed by atoms with Crippen molar-refractivity contribution in [3.05, 3.63) is 228 Å². The SMILES string of the molecule is CC(C)c1cccc(C(C)C)c1NCc1ccc2ccccc2c1-c1cccc(-c2ccccc2)n1.CC(C)c1cccc(C(C)C)c1NCc1ccccc1-c1cccc(-c2ccccc2)n1. The molecule has 68 heavy (non-hydrogen) atoms. The van der Waals surface area contributed by atoms with Gasteiger partial charge in [0, 0.05) is 46.7 Å². The zero-order valence-electron chi connectivity index (χ0n) is 41.1. The second-order valence-electron chi connectivity index (χ2n) is 19.0. The van der Waals surface area contributed by atoms with E-state index in [-0.39, 0.29) is 0 Å². The Morgan fingerprint density at radius 3 is 1.28 bits per heavy atom. The molecule has 9 rings (SSSR count). The smallest absolute Gasteiger partial charge is 0.0719 e. The van der Waals surface area contributed by atoms with Crippen LogP contribution in [0.2, 0.25) is 0 Å². The molecule has 0 unspecified atom stereocenters. The van der Waals surface area contributed by atoms with E-state index in [1.165, 1.54) is 66.7 Å². The molecule has 0 aliphatic heterocycles. The van der Waals surface area contributed by atoms with Gasteiger partial charge in [-0.1, -0.05) is 225 Å². The summed E-state index contributed by atoms with van der Waals surface area (Å²) < 4.78 is 0. The maximum absolute atomic E-state index is 5.14. The summed E-state index contributed by atoms with van der Waals surface area (Å²) in [7, 11) is 0. The van der Waals surface area contributed by atoms with E-state index in [0.29, 0.717) is 23.7 Å². The van der Waals surface area contributed by atoms with E-state index in [2.05, 4.69) is 248 Å². The van der Waals surface area contributed by atoms with Gasteiger partial charge in [0.05, 0.1) is 22.8 Å². The monoisotopic (exact) mass is 891 g/mol. The fourth-order valence-corrected chi connectivity index (χ4v) is 9.27. The van der Waals surface area contributed by atoms with Gasteiger partial charge in [0.25, 0.3) is 0 Å². The van der Waals surface area contributed by atoms with Gasteiger partial charge in [-0.2, -0.15) is 0 Å². The number of nitrogens with one attached hydrogen (secondary N) is 2. The van der Waals surface area contributed by atoms with Crippen LogP contribution in [0.1, 0.15) is 112 Å². The van der Waals surface area contributed by atoms with Crippen LogP contribution in [0.25, 0.3) is 55.8 Å². The number of hydrogen-bond acceptors (Lipinski definition) is 4. The van der Waals surface area contributed by atoms with Crippen LogP contribution in [0.15, 0.2) is 194 Å². The van der Waals surface area contributed by atoms with Crippen LogP contribution < -0.4 is 10.6 Å². The predicted molar refractivity (Wildman–Crippen MR) is 292 cm³/mol. The lowest BCUT2D eigenvalue weighted by Gasteiger charge is -2.22. The quantitative estimate of drug-likeness (QED) is 0.114. The normalized spacial score (nSPS) is 11.3. The van der Waals surface area contributed by atoms with Gasteiger partial charge in [-0.3, -0.25) is 0 Å². The number of rotatable bonds is 14. The zero-order valence-corrected chi connectivity index (χ0v) is 41.1. The van der Waals surface area contributed by atoms with E-state index in [0.717, 1.165) is 47.0 Å². The fourth-order valence-electron chi connectivity index (χ4n) is 9.27. The van der Waals surface area contributed by atoms with Crippen molar-refractivity contribution in [2.45, 2.75) is 92.2 Å². The van der Waals surface area contributed by atoms with Gasteiger partial charge in [0.2, 0.25) is 0 Å². The molecule has 0 saturated carbocycles.